The number of rotatable bonds is 9. The predicted octanol–water partition coefficient (Wildman–Crippen LogP) is 8.95. The molecule has 0 fully saturated rings. The van der Waals surface area contributed by atoms with Gasteiger partial charge >= 0.3 is 0 Å². The molecule has 4 aromatic heterocycles. The fourth-order valence-corrected chi connectivity index (χ4v) is 7.63. The number of hydrogen-bond donors (Lipinski definition) is 0. The third-order valence-corrected chi connectivity index (χ3v) is 10.1. The Morgan fingerprint density at radius 2 is 0.673 bits per heavy atom. The molecular weight excluding hydrogens is 641 g/mol. The molecular formula is C44H34N8. The average Bonchev–Trinajstić information content (AvgIpc) is 3.98. The van der Waals surface area contributed by atoms with Crippen LogP contribution < -0.4 is 0 Å². The maximum absolute atomic E-state index is 4.52. The standard InChI is InChI=1S/C44H34N8/c1-5-13-41-37(9-1)38-10-2-6-14-42(38)51(41)29-35-27-49(47-45-35)25-31-17-21-33(22-18-31)34-23-19-32(20-24-34)26-50-28-36(46-48-50)30-52-43-15-7-3-11-39(43)40-12-4-8-16-44(40)52/h1-24,27-28H,25-26,29-30H2. The zero-order valence-electron chi connectivity index (χ0n) is 28.4. The summed E-state index contributed by atoms with van der Waals surface area (Å²) in [6.45, 7) is 2.67. The molecule has 52 heavy (non-hydrogen) atoms. The first-order valence-corrected chi connectivity index (χ1v) is 17.6. The summed E-state index contributed by atoms with van der Waals surface area (Å²) in [4.78, 5) is 0. The van der Waals surface area contributed by atoms with Gasteiger partial charge in [0, 0.05) is 43.6 Å². The van der Waals surface area contributed by atoms with Crippen LogP contribution in [0, 0.1) is 0 Å². The molecule has 4 heterocycles. The Labute approximate surface area is 299 Å². The van der Waals surface area contributed by atoms with Crippen LogP contribution in [-0.4, -0.2) is 39.1 Å². The van der Waals surface area contributed by atoms with E-state index in [1.54, 1.807) is 0 Å². The van der Waals surface area contributed by atoms with Gasteiger partial charge in [0.05, 0.1) is 38.6 Å². The minimum atomic E-state index is 0.663. The number of aromatic nitrogens is 8. The van der Waals surface area contributed by atoms with Gasteiger partial charge in [0.25, 0.3) is 0 Å². The summed E-state index contributed by atoms with van der Waals surface area (Å²) >= 11 is 0. The SMILES string of the molecule is c1ccc2c(c1)c1ccccc1n2Cc1cn(Cc2ccc(-c3ccc(Cn4cc(Cn5c6ccccc6c6ccccc65)nn4)cc3)cc2)nn1. The van der Waals surface area contributed by atoms with Crippen LogP contribution in [0.2, 0.25) is 0 Å². The highest BCUT2D eigenvalue weighted by molar-refractivity contribution is 6.08. The number of nitrogens with zero attached hydrogens (tertiary/aromatic N) is 8. The Bertz CT molecular complexity index is 2550. The number of hydrogen-bond acceptors (Lipinski definition) is 4. The molecule has 250 valence electrons. The quantitative estimate of drug-likeness (QED) is 0.153. The van der Waals surface area contributed by atoms with Crippen LogP contribution >= 0.6 is 0 Å². The normalized spacial score (nSPS) is 11.8. The van der Waals surface area contributed by atoms with Crippen molar-refractivity contribution in [2.45, 2.75) is 26.2 Å². The van der Waals surface area contributed by atoms with Gasteiger partial charge in [0.15, 0.2) is 0 Å². The van der Waals surface area contributed by atoms with Crippen molar-refractivity contribution in [3.05, 3.63) is 181 Å². The van der Waals surface area contributed by atoms with Gasteiger partial charge < -0.3 is 9.13 Å². The molecule has 0 spiro atoms. The highest BCUT2D eigenvalue weighted by atomic mass is 15.4. The van der Waals surface area contributed by atoms with E-state index in [-0.39, 0.29) is 0 Å². The van der Waals surface area contributed by atoms with E-state index in [4.69, 9.17) is 0 Å². The van der Waals surface area contributed by atoms with E-state index in [9.17, 15) is 0 Å². The van der Waals surface area contributed by atoms with Crippen LogP contribution in [0.4, 0.5) is 0 Å². The lowest BCUT2D eigenvalue weighted by Gasteiger charge is -2.07. The molecule has 0 aliphatic heterocycles. The molecule has 0 bridgehead atoms. The lowest BCUT2D eigenvalue weighted by atomic mass is 10.0. The van der Waals surface area contributed by atoms with Crippen LogP contribution in [0.25, 0.3) is 54.7 Å². The third kappa shape index (κ3) is 5.41. The zero-order chi connectivity index (χ0) is 34.4. The van der Waals surface area contributed by atoms with Gasteiger partial charge in [-0.05, 0) is 46.5 Å². The average molecular weight is 675 g/mol. The van der Waals surface area contributed by atoms with E-state index in [0.717, 1.165) is 11.4 Å². The molecule has 0 amide bonds. The van der Waals surface area contributed by atoms with E-state index in [1.807, 2.05) is 9.36 Å². The summed E-state index contributed by atoms with van der Waals surface area (Å²) in [5.74, 6) is 0. The van der Waals surface area contributed by atoms with Crippen molar-refractivity contribution in [2.24, 2.45) is 0 Å². The fraction of sp³-hybridized carbons (Fsp3) is 0.0909. The second-order valence-corrected chi connectivity index (χ2v) is 13.4. The molecule has 8 nitrogen and oxygen atoms in total. The summed E-state index contributed by atoms with van der Waals surface area (Å²) in [6, 6.07) is 51.6. The van der Waals surface area contributed by atoms with Gasteiger partial charge in [0.2, 0.25) is 0 Å². The molecule has 0 aliphatic carbocycles. The first-order valence-electron chi connectivity index (χ1n) is 17.6. The summed E-state index contributed by atoms with van der Waals surface area (Å²) in [6.07, 6.45) is 4.11. The van der Waals surface area contributed by atoms with Gasteiger partial charge in [0.1, 0.15) is 11.4 Å². The lowest BCUT2D eigenvalue weighted by Crippen LogP contribution is -2.01. The molecule has 0 unspecified atom stereocenters. The van der Waals surface area contributed by atoms with Gasteiger partial charge in [-0.15, -0.1) is 10.2 Å². The molecule has 6 aromatic carbocycles. The molecule has 10 aromatic rings. The van der Waals surface area contributed by atoms with Crippen molar-refractivity contribution in [1.82, 2.24) is 39.1 Å². The van der Waals surface area contributed by atoms with Crippen molar-refractivity contribution in [3.63, 3.8) is 0 Å². The molecule has 0 atom stereocenters. The molecule has 10 rings (SSSR count). The van der Waals surface area contributed by atoms with Crippen molar-refractivity contribution >= 4 is 43.6 Å². The van der Waals surface area contributed by atoms with Gasteiger partial charge in [-0.3, -0.25) is 0 Å². The van der Waals surface area contributed by atoms with Crippen LogP contribution in [0.5, 0.6) is 0 Å². The molecule has 8 heteroatoms. The second kappa shape index (κ2) is 12.5. The maximum Gasteiger partial charge on any atom is 0.102 e. The molecule has 0 radical (unpaired) electrons. The smallest absolute Gasteiger partial charge is 0.102 e. The van der Waals surface area contributed by atoms with E-state index >= 15 is 0 Å². The van der Waals surface area contributed by atoms with E-state index in [1.165, 1.54) is 65.9 Å². The first kappa shape index (κ1) is 30.1. The highest BCUT2D eigenvalue weighted by Crippen LogP contribution is 2.31. The Kier molecular flexibility index (Phi) is 7.23. The minimum Gasteiger partial charge on any atom is -0.334 e. The van der Waals surface area contributed by atoms with Crippen LogP contribution in [-0.2, 0) is 26.2 Å². The summed E-state index contributed by atoms with van der Waals surface area (Å²) in [5, 5.41) is 23.0. The summed E-state index contributed by atoms with van der Waals surface area (Å²) in [7, 11) is 0. The monoisotopic (exact) mass is 674 g/mol. The minimum absolute atomic E-state index is 0.663. The topological polar surface area (TPSA) is 71.3 Å². The van der Waals surface area contributed by atoms with Crippen molar-refractivity contribution < 1.29 is 0 Å². The first-order chi connectivity index (χ1) is 25.7. The van der Waals surface area contributed by atoms with E-state index in [0.29, 0.717) is 26.2 Å². The Balaban J connectivity index is 0.796. The predicted molar refractivity (Wildman–Crippen MR) is 207 cm³/mol. The van der Waals surface area contributed by atoms with Gasteiger partial charge in [-0.1, -0.05) is 132 Å². The molecule has 0 aliphatic rings. The number of benzene rings is 6. The van der Waals surface area contributed by atoms with Crippen molar-refractivity contribution in [1.29, 1.82) is 0 Å². The van der Waals surface area contributed by atoms with E-state index < -0.39 is 0 Å². The van der Waals surface area contributed by atoms with Gasteiger partial charge in [-0.2, -0.15) is 0 Å². The summed E-state index contributed by atoms with van der Waals surface area (Å²) in [5.41, 5.74) is 11.4. The number of para-hydroxylation sites is 4. The van der Waals surface area contributed by atoms with Crippen molar-refractivity contribution in [3.8, 4) is 11.1 Å². The van der Waals surface area contributed by atoms with Gasteiger partial charge in [-0.25, -0.2) is 9.36 Å². The van der Waals surface area contributed by atoms with Crippen LogP contribution in [0.1, 0.15) is 22.5 Å². The Morgan fingerprint density at radius 1 is 0.346 bits per heavy atom. The van der Waals surface area contributed by atoms with E-state index in [2.05, 4.69) is 188 Å². The highest BCUT2D eigenvalue weighted by Gasteiger charge is 2.14. The molecule has 0 saturated heterocycles. The second-order valence-electron chi connectivity index (χ2n) is 13.4. The molecule has 0 saturated carbocycles. The fourth-order valence-electron chi connectivity index (χ4n) is 7.63. The Hall–Kier alpha value is -6.80. The van der Waals surface area contributed by atoms with Crippen molar-refractivity contribution in [2.75, 3.05) is 0 Å². The maximum atomic E-state index is 4.52. The zero-order valence-corrected chi connectivity index (χ0v) is 28.4. The third-order valence-electron chi connectivity index (χ3n) is 10.1. The molecule has 0 N–H and O–H groups in total. The van der Waals surface area contributed by atoms with Crippen LogP contribution in [0.3, 0.4) is 0 Å². The summed E-state index contributed by atoms with van der Waals surface area (Å²) < 4.78 is 8.50. The number of fused-ring (bicyclic) bond motifs is 6. The largest absolute Gasteiger partial charge is 0.334 e. The van der Waals surface area contributed by atoms with Crippen LogP contribution in [0.15, 0.2) is 158 Å². The lowest BCUT2D eigenvalue weighted by molar-refractivity contribution is 0.649. The Morgan fingerprint density at radius 3 is 1.02 bits per heavy atom.